The first-order chi connectivity index (χ1) is 8.25. The van der Waals surface area contributed by atoms with Crippen LogP contribution in [-0.4, -0.2) is 43.7 Å². The lowest BCUT2D eigenvalue weighted by atomic mass is 10.2. The molecule has 2 N–H and O–H groups in total. The number of carbonyl (C=O) groups is 1. The third kappa shape index (κ3) is 3.70. The van der Waals surface area contributed by atoms with Crippen molar-refractivity contribution in [1.82, 2.24) is 15.5 Å². The predicted octanol–water partition coefficient (Wildman–Crippen LogP) is 0.933. The van der Waals surface area contributed by atoms with Gasteiger partial charge in [0, 0.05) is 36.8 Å². The number of benzene rings is 1. The van der Waals surface area contributed by atoms with Crippen molar-refractivity contribution in [3.05, 3.63) is 34.9 Å². The number of amides is 1. The lowest BCUT2D eigenvalue weighted by Crippen LogP contribution is -2.48. The van der Waals surface area contributed by atoms with Crippen molar-refractivity contribution in [3.8, 4) is 0 Å². The SMILES string of the molecule is O=C(NCN1CCNCC1)c1cccc(Cl)c1. The van der Waals surface area contributed by atoms with Crippen molar-refractivity contribution < 1.29 is 4.79 Å². The first-order valence-electron chi connectivity index (χ1n) is 5.72. The maximum Gasteiger partial charge on any atom is 0.252 e. The second-order valence-electron chi connectivity index (χ2n) is 4.04. The molecule has 0 unspecified atom stereocenters. The van der Waals surface area contributed by atoms with Crippen LogP contribution in [0.4, 0.5) is 0 Å². The number of hydrogen-bond acceptors (Lipinski definition) is 3. The minimum atomic E-state index is -0.0777. The first-order valence-corrected chi connectivity index (χ1v) is 6.10. The molecule has 1 fully saturated rings. The normalized spacial score (nSPS) is 16.8. The van der Waals surface area contributed by atoms with Crippen LogP contribution in [0.15, 0.2) is 24.3 Å². The summed E-state index contributed by atoms with van der Waals surface area (Å²) in [5, 5.41) is 6.75. The molecule has 1 aliphatic heterocycles. The van der Waals surface area contributed by atoms with Gasteiger partial charge in [-0.2, -0.15) is 0 Å². The first kappa shape index (κ1) is 12.4. The fourth-order valence-corrected chi connectivity index (χ4v) is 1.97. The molecule has 1 amide bonds. The summed E-state index contributed by atoms with van der Waals surface area (Å²) in [6.07, 6.45) is 0. The number of rotatable bonds is 3. The predicted molar refractivity (Wildman–Crippen MR) is 68.2 cm³/mol. The highest BCUT2D eigenvalue weighted by Crippen LogP contribution is 2.10. The lowest BCUT2D eigenvalue weighted by Gasteiger charge is -2.27. The number of hydrogen-bond donors (Lipinski definition) is 2. The fourth-order valence-electron chi connectivity index (χ4n) is 1.78. The number of piperazine rings is 1. The van der Waals surface area contributed by atoms with Gasteiger partial charge in [-0.25, -0.2) is 0 Å². The smallest absolute Gasteiger partial charge is 0.252 e. The Kier molecular flexibility index (Phi) is 4.36. The van der Waals surface area contributed by atoms with Crippen molar-refractivity contribution >= 4 is 17.5 Å². The summed E-state index contributed by atoms with van der Waals surface area (Å²) in [6.45, 7) is 4.48. The molecule has 0 aromatic heterocycles. The summed E-state index contributed by atoms with van der Waals surface area (Å²) in [4.78, 5) is 14.0. The Hall–Kier alpha value is -1.10. The van der Waals surface area contributed by atoms with Gasteiger partial charge in [0.2, 0.25) is 0 Å². The second-order valence-corrected chi connectivity index (χ2v) is 4.48. The van der Waals surface area contributed by atoms with Crippen LogP contribution < -0.4 is 10.6 Å². The van der Waals surface area contributed by atoms with Crippen molar-refractivity contribution in [2.24, 2.45) is 0 Å². The summed E-state index contributed by atoms with van der Waals surface area (Å²) in [7, 11) is 0. The topological polar surface area (TPSA) is 44.4 Å². The number of nitrogens with zero attached hydrogens (tertiary/aromatic N) is 1. The Labute approximate surface area is 106 Å². The summed E-state index contributed by atoms with van der Waals surface area (Å²) < 4.78 is 0. The minimum Gasteiger partial charge on any atom is -0.339 e. The third-order valence-electron chi connectivity index (χ3n) is 2.76. The van der Waals surface area contributed by atoms with Crippen LogP contribution >= 0.6 is 11.6 Å². The molecule has 1 aromatic carbocycles. The van der Waals surface area contributed by atoms with Crippen LogP contribution in [0, 0.1) is 0 Å². The van der Waals surface area contributed by atoms with Crippen molar-refractivity contribution in [1.29, 1.82) is 0 Å². The van der Waals surface area contributed by atoms with E-state index >= 15 is 0 Å². The maximum atomic E-state index is 11.8. The van der Waals surface area contributed by atoms with Crippen LogP contribution in [0.5, 0.6) is 0 Å². The Morgan fingerprint density at radius 1 is 1.41 bits per heavy atom. The van der Waals surface area contributed by atoms with Crippen LogP contribution in [0.3, 0.4) is 0 Å². The molecule has 1 heterocycles. The van der Waals surface area contributed by atoms with E-state index in [0.29, 0.717) is 17.3 Å². The van der Waals surface area contributed by atoms with Crippen molar-refractivity contribution in [2.75, 3.05) is 32.8 Å². The van der Waals surface area contributed by atoms with Crippen LogP contribution in [0.25, 0.3) is 0 Å². The summed E-state index contributed by atoms with van der Waals surface area (Å²) >= 11 is 5.84. The standard InChI is InChI=1S/C12H16ClN3O/c13-11-3-1-2-10(8-11)12(17)15-9-16-6-4-14-5-7-16/h1-3,8,14H,4-7,9H2,(H,15,17). The zero-order valence-electron chi connectivity index (χ0n) is 9.58. The van der Waals surface area contributed by atoms with Gasteiger partial charge in [0.15, 0.2) is 0 Å². The van der Waals surface area contributed by atoms with Crippen LogP contribution in [0.1, 0.15) is 10.4 Å². The highest BCUT2D eigenvalue weighted by molar-refractivity contribution is 6.30. The summed E-state index contributed by atoms with van der Waals surface area (Å²) in [5.41, 5.74) is 0.604. The zero-order chi connectivity index (χ0) is 12.1. The van der Waals surface area contributed by atoms with E-state index in [0.717, 1.165) is 26.2 Å². The molecule has 1 aliphatic rings. The highest BCUT2D eigenvalue weighted by Gasteiger charge is 2.11. The highest BCUT2D eigenvalue weighted by atomic mass is 35.5. The Morgan fingerprint density at radius 3 is 2.88 bits per heavy atom. The Morgan fingerprint density at radius 2 is 2.18 bits per heavy atom. The molecule has 5 heteroatoms. The van der Waals surface area contributed by atoms with Gasteiger partial charge in [0.1, 0.15) is 0 Å². The average Bonchev–Trinajstić information content (AvgIpc) is 2.37. The van der Waals surface area contributed by atoms with Crippen molar-refractivity contribution in [2.45, 2.75) is 0 Å². The molecule has 0 aliphatic carbocycles. The van der Waals surface area contributed by atoms with Crippen LogP contribution in [-0.2, 0) is 0 Å². The molecular weight excluding hydrogens is 238 g/mol. The summed E-state index contributed by atoms with van der Waals surface area (Å²) in [5.74, 6) is -0.0777. The Balaban J connectivity index is 1.84. The van der Waals surface area contributed by atoms with Crippen molar-refractivity contribution in [3.63, 3.8) is 0 Å². The van der Waals surface area contributed by atoms with E-state index in [-0.39, 0.29) is 5.91 Å². The molecule has 1 saturated heterocycles. The van der Waals surface area contributed by atoms with Gasteiger partial charge in [-0.3, -0.25) is 9.69 Å². The van der Waals surface area contributed by atoms with E-state index in [2.05, 4.69) is 15.5 Å². The third-order valence-corrected chi connectivity index (χ3v) is 2.99. The van der Waals surface area contributed by atoms with Gasteiger partial charge in [0.25, 0.3) is 5.91 Å². The molecule has 4 nitrogen and oxygen atoms in total. The number of carbonyl (C=O) groups excluding carboxylic acids is 1. The molecule has 0 saturated carbocycles. The van der Waals surface area contributed by atoms with Gasteiger partial charge in [-0.05, 0) is 18.2 Å². The largest absolute Gasteiger partial charge is 0.339 e. The molecular formula is C12H16ClN3O. The maximum absolute atomic E-state index is 11.8. The van der Waals surface area contributed by atoms with E-state index in [1.54, 1.807) is 24.3 Å². The average molecular weight is 254 g/mol. The monoisotopic (exact) mass is 253 g/mol. The quantitative estimate of drug-likeness (QED) is 0.843. The van der Waals surface area contributed by atoms with Gasteiger partial charge in [-0.15, -0.1) is 0 Å². The molecule has 1 aromatic rings. The zero-order valence-corrected chi connectivity index (χ0v) is 10.3. The number of nitrogens with one attached hydrogen (secondary N) is 2. The molecule has 0 radical (unpaired) electrons. The van der Waals surface area contributed by atoms with E-state index in [1.807, 2.05) is 0 Å². The Bertz CT molecular complexity index is 391. The van der Waals surface area contributed by atoms with E-state index in [9.17, 15) is 4.79 Å². The molecule has 0 spiro atoms. The fraction of sp³-hybridized carbons (Fsp3) is 0.417. The molecule has 17 heavy (non-hydrogen) atoms. The second kappa shape index (κ2) is 6.00. The van der Waals surface area contributed by atoms with Gasteiger partial charge < -0.3 is 10.6 Å². The summed E-state index contributed by atoms with van der Waals surface area (Å²) in [6, 6.07) is 6.98. The molecule has 2 rings (SSSR count). The van der Waals surface area contributed by atoms with E-state index in [4.69, 9.17) is 11.6 Å². The molecule has 0 bridgehead atoms. The minimum absolute atomic E-state index is 0.0777. The molecule has 0 atom stereocenters. The van der Waals surface area contributed by atoms with Crippen LogP contribution in [0.2, 0.25) is 5.02 Å². The lowest BCUT2D eigenvalue weighted by molar-refractivity contribution is 0.0917. The van der Waals surface area contributed by atoms with Gasteiger partial charge in [0.05, 0.1) is 6.67 Å². The van der Waals surface area contributed by atoms with E-state index in [1.165, 1.54) is 0 Å². The van der Waals surface area contributed by atoms with Gasteiger partial charge in [-0.1, -0.05) is 17.7 Å². The van der Waals surface area contributed by atoms with E-state index < -0.39 is 0 Å². The molecule has 92 valence electrons. The number of halogens is 1. The van der Waals surface area contributed by atoms with Gasteiger partial charge >= 0.3 is 0 Å².